The van der Waals surface area contributed by atoms with E-state index >= 15 is 0 Å². The smallest absolute Gasteiger partial charge is 0.471 e. The van der Waals surface area contributed by atoms with Gasteiger partial charge < -0.3 is 20.7 Å². The Morgan fingerprint density at radius 1 is 1.24 bits per heavy atom. The number of nitrogens with two attached hydrogens (primary N) is 1. The molecular weight excluding hydrogens is 583 g/mol. The van der Waals surface area contributed by atoms with Crippen LogP contribution in [0, 0.1) is 0 Å². The number of aromatic nitrogens is 2. The summed E-state index contributed by atoms with van der Waals surface area (Å²) in [6, 6.07) is 9.50. The van der Waals surface area contributed by atoms with Crippen molar-refractivity contribution < 1.29 is 31.1 Å². The van der Waals surface area contributed by atoms with Crippen molar-refractivity contribution in [2.75, 3.05) is 19.0 Å². The molecule has 2 heterocycles. The SMILES string of the molecule is COc1cc2c(cc1-c1ncc(Cl)c(Nc3ccccc3S(=O)(=O)C(C)C)n1)C(C)(C)CN(C(=O)C(F)(F)F)C2N. The van der Waals surface area contributed by atoms with E-state index in [4.69, 9.17) is 22.1 Å². The maximum Gasteiger partial charge on any atom is 0.471 e. The molecule has 1 atom stereocenters. The average molecular weight is 612 g/mol. The van der Waals surface area contributed by atoms with Gasteiger partial charge in [0.25, 0.3) is 0 Å². The zero-order chi connectivity index (χ0) is 30.5. The summed E-state index contributed by atoms with van der Waals surface area (Å²) in [4.78, 5) is 21.7. The normalized spacial score (nSPS) is 16.9. The molecule has 0 aliphatic carbocycles. The second-order valence-electron chi connectivity index (χ2n) is 10.5. The Kier molecular flexibility index (Phi) is 8.02. The lowest BCUT2D eigenvalue weighted by atomic mass is 9.76. The summed E-state index contributed by atoms with van der Waals surface area (Å²) in [6.07, 6.45) is -5.10. The highest BCUT2D eigenvalue weighted by Gasteiger charge is 2.49. The predicted molar refractivity (Wildman–Crippen MR) is 149 cm³/mol. The molecule has 0 radical (unpaired) electrons. The molecule has 0 saturated heterocycles. The molecule has 1 aliphatic rings. The number of halogens is 4. The minimum Gasteiger partial charge on any atom is -0.496 e. The fraction of sp³-hybridized carbons (Fsp3) is 0.370. The maximum atomic E-state index is 13.3. The zero-order valence-corrected chi connectivity index (χ0v) is 24.4. The van der Waals surface area contributed by atoms with Crippen LogP contribution < -0.4 is 15.8 Å². The largest absolute Gasteiger partial charge is 0.496 e. The van der Waals surface area contributed by atoms with Crippen LogP contribution in [0.3, 0.4) is 0 Å². The van der Waals surface area contributed by atoms with Crippen LogP contribution in [0.25, 0.3) is 11.4 Å². The molecule has 1 amide bonds. The van der Waals surface area contributed by atoms with Gasteiger partial charge in [-0.25, -0.2) is 18.4 Å². The number of carbonyl (C=O) groups is 1. The molecule has 41 heavy (non-hydrogen) atoms. The third kappa shape index (κ3) is 5.70. The first-order valence-corrected chi connectivity index (χ1v) is 14.4. The lowest BCUT2D eigenvalue weighted by Crippen LogP contribution is -2.54. The number of sulfone groups is 1. The van der Waals surface area contributed by atoms with Gasteiger partial charge in [0.05, 0.1) is 34.7 Å². The number of nitrogens with zero attached hydrogens (tertiary/aromatic N) is 3. The molecule has 220 valence electrons. The van der Waals surface area contributed by atoms with Crippen LogP contribution >= 0.6 is 11.6 Å². The third-order valence-corrected chi connectivity index (χ3v) is 9.36. The van der Waals surface area contributed by atoms with Crippen LogP contribution in [0.1, 0.15) is 45.0 Å². The van der Waals surface area contributed by atoms with Crippen molar-refractivity contribution in [3.8, 4) is 17.1 Å². The first kappa shape index (κ1) is 30.5. The number of anilines is 2. The van der Waals surface area contributed by atoms with E-state index in [1.807, 2.05) is 0 Å². The number of amides is 1. The van der Waals surface area contributed by atoms with Gasteiger partial charge in [0.15, 0.2) is 21.5 Å². The van der Waals surface area contributed by atoms with Gasteiger partial charge >= 0.3 is 12.1 Å². The molecule has 0 bridgehead atoms. The quantitative estimate of drug-likeness (QED) is 0.381. The number of alkyl halides is 3. The molecule has 14 heteroatoms. The van der Waals surface area contributed by atoms with Crippen molar-refractivity contribution in [3.05, 3.63) is 58.7 Å². The third-order valence-electron chi connectivity index (χ3n) is 6.88. The molecule has 1 unspecified atom stereocenters. The van der Waals surface area contributed by atoms with Gasteiger partial charge in [-0.2, -0.15) is 13.2 Å². The minimum absolute atomic E-state index is 0.0753. The van der Waals surface area contributed by atoms with E-state index in [1.54, 1.807) is 52.0 Å². The van der Waals surface area contributed by atoms with Gasteiger partial charge in [0.2, 0.25) is 0 Å². The number of nitrogens with one attached hydrogen (secondary N) is 1. The van der Waals surface area contributed by atoms with Crippen molar-refractivity contribution in [1.29, 1.82) is 0 Å². The summed E-state index contributed by atoms with van der Waals surface area (Å²) in [5, 5.41) is 2.44. The monoisotopic (exact) mass is 611 g/mol. The van der Waals surface area contributed by atoms with Gasteiger partial charge in [0.1, 0.15) is 16.9 Å². The van der Waals surface area contributed by atoms with Crippen LogP contribution in [0.15, 0.2) is 47.5 Å². The second-order valence-corrected chi connectivity index (χ2v) is 13.4. The number of para-hydroxylation sites is 1. The van der Waals surface area contributed by atoms with E-state index < -0.39 is 38.8 Å². The van der Waals surface area contributed by atoms with Gasteiger partial charge in [-0.05, 0) is 49.2 Å². The molecular formula is C27H29ClF3N5O4S. The molecule has 3 aromatic rings. The molecule has 1 aromatic heterocycles. The highest BCUT2D eigenvalue weighted by molar-refractivity contribution is 7.92. The van der Waals surface area contributed by atoms with E-state index in [1.165, 1.54) is 25.4 Å². The van der Waals surface area contributed by atoms with Crippen LogP contribution in [-0.2, 0) is 20.0 Å². The first-order valence-electron chi connectivity index (χ1n) is 12.5. The van der Waals surface area contributed by atoms with Crippen molar-refractivity contribution in [2.24, 2.45) is 5.73 Å². The molecule has 1 aliphatic heterocycles. The Bertz CT molecular complexity index is 1610. The molecule has 3 N–H and O–H groups in total. The Labute approximate surface area is 240 Å². The lowest BCUT2D eigenvalue weighted by Gasteiger charge is -2.44. The molecule has 0 fully saturated rings. The van der Waals surface area contributed by atoms with Crippen molar-refractivity contribution >= 4 is 38.9 Å². The van der Waals surface area contributed by atoms with E-state index in [0.29, 0.717) is 21.6 Å². The summed E-state index contributed by atoms with van der Waals surface area (Å²) in [5.74, 6) is -1.55. The number of fused-ring (bicyclic) bond motifs is 1. The molecule has 9 nitrogen and oxygen atoms in total. The van der Waals surface area contributed by atoms with Crippen molar-refractivity contribution in [3.63, 3.8) is 0 Å². The number of methoxy groups -OCH3 is 1. The Hall–Kier alpha value is -3.42. The van der Waals surface area contributed by atoms with Gasteiger partial charge in [-0.1, -0.05) is 37.6 Å². The van der Waals surface area contributed by atoms with Crippen molar-refractivity contribution in [2.45, 2.75) is 55.6 Å². The van der Waals surface area contributed by atoms with Crippen molar-refractivity contribution in [1.82, 2.24) is 14.9 Å². The summed E-state index contributed by atoms with van der Waals surface area (Å²) in [7, 11) is -2.27. The Balaban J connectivity index is 1.81. The summed E-state index contributed by atoms with van der Waals surface area (Å²) >= 11 is 6.38. The molecule has 0 spiro atoms. The highest BCUT2D eigenvalue weighted by atomic mass is 35.5. The van der Waals surface area contributed by atoms with E-state index in [2.05, 4.69) is 15.3 Å². The van der Waals surface area contributed by atoms with Crippen LogP contribution in [0.4, 0.5) is 24.7 Å². The average Bonchev–Trinajstić information content (AvgIpc) is 2.90. The Morgan fingerprint density at radius 3 is 2.51 bits per heavy atom. The first-order chi connectivity index (χ1) is 19.0. The van der Waals surface area contributed by atoms with Gasteiger partial charge in [-0.15, -0.1) is 0 Å². The topological polar surface area (TPSA) is 128 Å². The second kappa shape index (κ2) is 10.8. The van der Waals surface area contributed by atoms with E-state index in [-0.39, 0.29) is 39.5 Å². The lowest BCUT2D eigenvalue weighted by molar-refractivity contribution is -0.189. The molecule has 0 saturated carbocycles. The van der Waals surface area contributed by atoms with Crippen LogP contribution in [0.2, 0.25) is 5.02 Å². The van der Waals surface area contributed by atoms with E-state index in [9.17, 15) is 26.4 Å². The molecule has 4 rings (SSSR count). The molecule has 2 aromatic carbocycles. The summed E-state index contributed by atoms with van der Waals surface area (Å²) in [6.45, 7) is 6.28. The number of ether oxygens (including phenoxy) is 1. The Morgan fingerprint density at radius 2 is 1.90 bits per heavy atom. The number of rotatable bonds is 6. The van der Waals surface area contributed by atoms with Crippen LogP contribution in [0.5, 0.6) is 5.75 Å². The van der Waals surface area contributed by atoms with E-state index in [0.717, 1.165) is 0 Å². The fourth-order valence-corrected chi connectivity index (χ4v) is 6.03. The zero-order valence-electron chi connectivity index (χ0n) is 22.9. The number of hydrogen-bond donors (Lipinski definition) is 2. The van der Waals surface area contributed by atoms with Gasteiger partial charge in [-0.3, -0.25) is 4.79 Å². The number of hydrogen-bond acceptors (Lipinski definition) is 8. The number of carbonyl (C=O) groups excluding carboxylic acids is 1. The standard InChI is InChI=1S/C27H29ClF3N5O4S/c1-14(2)41(38,39)21-9-7-6-8-19(21)34-24-18(28)12-33-23(35-24)16-10-17-15(11-20(16)40-5)22(32)36(13-26(17,3)4)25(37)27(29,30)31/h6-12,14,22H,13,32H2,1-5H3,(H,33,34,35). The summed E-state index contributed by atoms with van der Waals surface area (Å²) in [5.41, 5.74) is 6.78. The number of benzene rings is 2. The summed E-state index contributed by atoms with van der Waals surface area (Å²) < 4.78 is 71.2. The maximum absolute atomic E-state index is 13.3. The fourth-order valence-electron chi connectivity index (χ4n) is 4.69. The highest BCUT2D eigenvalue weighted by Crippen LogP contribution is 2.44. The van der Waals surface area contributed by atoms with Crippen LogP contribution in [-0.4, -0.2) is 54.3 Å². The minimum atomic E-state index is -5.08. The predicted octanol–water partition coefficient (Wildman–Crippen LogP) is 5.37. The van der Waals surface area contributed by atoms with Gasteiger partial charge in [0, 0.05) is 12.0 Å².